The second kappa shape index (κ2) is 6.89. The number of anilines is 1. The zero-order valence-electron chi connectivity index (χ0n) is 10.9. The minimum absolute atomic E-state index is 0.0121. The lowest BCUT2D eigenvalue weighted by molar-refractivity contribution is 0.0756. The molecule has 1 rings (SSSR count). The Morgan fingerprint density at radius 3 is 2.82 bits per heavy atom. The number of hydrogen-bond acceptors (Lipinski definition) is 3. The average molecular weight is 235 g/mol. The van der Waals surface area contributed by atoms with Gasteiger partial charge in [-0.25, -0.2) is 0 Å². The molecule has 4 nitrogen and oxygen atoms in total. The highest BCUT2D eigenvalue weighted by Crippen LogP contribution is 2.09. The number of rotatable bonds is 6. The van der Waals surface area contributed by atoms with Crippen LogP contribution >= 0.6 is 0 Å². The second-order valence-corrected chi connectivity index (χ2v) is 3.92. The summed E-state index contributed by atoms with van der Waals surface area (Å²) in [6, 6.07) is 3.63. The number of nitrogens with zero attached hydrogens (tertiary/aromatic N) is 2. The van der Waals surface area contributed by atoms with Gasteiger partial charge in [0.05, 0.1) is 0 Å². The molecule has 0 aliphatic carbocycles. The summed E-state index contributed by atoms with van der Waals surface area (Å²) < 4.78 is 0. The van der Waals surface area contributed by atoms with Crippen molar-refractivity contribution in [2.45, 2.75) is 26.7 Å². The lowest BCUT2D eigenvalue weighted by atomic mass is 10.2. The molecular formula is C13H21N3O. The molecule has 0 fully saturated rings. The van der Waals surface area contributed by atoms with Gasteiger partial charge in [-0.15, -0.1) is 0 Å². The molecule has 94 valence electrons. The molecule has 1 N–H and O–H groups in total. The molecule has 0 aliphatic heterocycles. The number of nitrogens with one attached hydrogen (secondary N) is 1. The molecular weight excluding hydrogens is 214 g/mol. The van der Waals surface area contributed by atoms with Crippen molar-refractivity contribution in [3.05, 3.63) is 24.0 Å². The van der Waals surface area contributed by atoms with E-state index < -0.39 is 0 Å². The molecule has 0 saturated carbocycles. The van der Waals surface area contributed by atoms with Crippen molar-refractivity contribution in [1.29, 1.82) is 0 Å². The van der Waals surface area contributed by atoms with E-state index in [1.54, 1.807) is 12.3 Å². The van der Waals surface area contributed by atoms with E-state index in [0.29, 0.717) is 5.69 Å². The van der Waals surface area contributed by atoms with Gasteiger partial charge in [0.1, 0.15) is 5.69 Å². The Hall–Kier alpha value is -1.58. The highest BCUT2D eigenvalue weighted by Gasteiger charge is 2.14. The van der Waals surface area contributed by atoms with Crippen molar-refractivity contribution >= 4 is 11.6 Å². The average Bonchev–Trinajstić information content (AvgIpc) is 2.39. The minimum Gasteiger partial charge on any atom is -0.388 e. The molecule has 4 heteroatoms. The first-order valence-corrected chi connectivity index (χ1v) is 6.16. The van der Waals surface area contributed by atoms with Crippen LogP contribution in [0.15, 0.2) is 18.3 Å². The third kappa shape index (κ3) is 3.73. The summed E-state index contributed by atoms with van der Waals surface area (Å²) in [5.74, 6) is 0.0121. The zero-order valence-corrected chi connectivity index (χ0v) is 10.9. The summed E-state index contributed by atoms with van der Waals surface area (Å²) in [6.45, 7) is 5.65. The number of aromatic nitrogens is 1. The Balaban J connectivity index is 2.78. The predicted molar refractivity (Wildman–Crippen MR) is 70.3 cm³/mol. The van der Waals surface area contributed by atoms with E-state index in [9.17, 15) is 4.79 Å². The molecule has 1 amide bonds. The van der Waals surface area contributed by atoms with Crippen LogP contribution in [0.1, 0.15) is 37.2 Å². The quantitative estimate of drug-likeness (QED) is 0.823. The maximum Gasteiger partial charge on any atom is 0.272 e. The van der Waals surface area contributed by atoms with Gasteiger partial charge in [0, 0.05) is 32.0 Å². The molecule has 0 saturated heterocycles. The molecule has 0 bridgehead atoms. The Morgan fingerprint density at radius 1 is 1.47 bits per heavy atom. The van der Waals surface area contributed by atoms with Crippen molar-refractivity contribution in [3.63, 3.8) is 0 Å². The molecule has 0 aliphatic rings. The van der Waals surface area contributed by atoms with Crippen LogP contribution in [-0.4, -0.2) is 35.9 Å². The third-order valence-corrected chi connectivity index (χ3v) is 2.72. The van der Waals surface area contributed by atoms with Crippen molar-refractivity contribution < 1.29 is 4.79 Å². The van der Waals surface area contributed by atoms with Gasteiger partial charge >= 0.3 is 0 Å². The number of carbonyl (C=O) groups is 1. The number of carbonyl (C=O) groups excluding carboxylic acids is 1. The Morgan fingerprint density at radius 2 is 2.24 bits per heavy atom. The van der Waals surface area contributed by atoms with Crippen LogP contribution in [0, 0.1) is 0 Å². The van der Waals surface area contributed by atoms with Gasteiger partial charge in [-0.1, -0.05) is 13.3 Å². The first kappa shape index (κ1) is 13.5. The molecule has 1 aromatic rings. The third-order valence-electron chi connectivity index (χ3n) is 2.72. The molecule has 0 aromatic carbocycles. The van der Waals surface area contributed by atoms with Gasteiger partial charge in [0.15, 0.2) is 0 Å². The maximum absolute atomic E-state index is 12.2. The Labute approximate surface area is 103 Å². The number of unbranched alkanes of at least 4 members (excludes halogenated alkanes) is 1. The first-order chi connectivity index (χ1) is 8.22. The van der Waals surface area contributed by atoms with Crippen LogP contribution < -0.4 is 5.32 Å². The largest absolute Gasteiger partial charge is 0.388 e. The van der Waals surface area contributed by atoms with Crippen LogP contribution in [0.4, 0.5) is 5.69 Å². The van der Waals surface area contributed by atoms with Crippen LogP contribution in [0.3, 0.4) is 0 Å². The Kier molecular flexibility index (Phi) is 5.46. The summed E-state index contributed by atoms with van der Waals surface area (Å²) >= 11 is 0. The summed E-state index contributed by atoms with van der Waals surface area (Å²) in [6.07, 6.45) is 3.78. The summed E-state index contributed by atoms with van der Waals surface area (Å²) in [4.78, 5) is 18.2. The van der Waals surface area contributed by atoms with Crippen LogP contribution in [-0.2, 0) is 0 Å². The van der Waals surface area contributed by atoms with E-state index >= 15 is 0 Å². The van der Waals surface area contributed by atoms with Crippen molar-refractivity contribution in [3.8, 4) is 0 Å². The van der Waals surface area contributed by atoms with Gasteiger partial charge in [0.2, 0.25) is 0 Å². The summed E-state index contributed by atoms with van der Waals surface area (Å²) in [5.41, 5.74) is 1.42. The lowest BCUT2D eigenvalue weighted by Gasteiger charge is -2.20. The van der Waals surface area contributed by atoms with Gasteiger partial charge in [0.25, 0.3) is 5.91 Å². The topological polar surface area (TPSA) is 45.2 Å². The van der Waals surface area contributed by atoms with Crippen LogP contribution in [0.5, 0.6) is 0 Å². The van der Waals surface area contributed by atoms with E-state index in [2.05, 4.69) is 17.2 Å². The van der Waals surface area contributed by atoms with E-state index in [4.69, 9.17) is 0 Å². The highest BCUT2D eigenvalue weighted by molar-refractivity contribution is 5.93. The van der Waals surface area contributed by atoms with E-state index in [-0.39, 0.29) is 5.91 Å². The summed E-state index contributed by atoms with van der Waals surface area (Å²) in [7, 11) is 1.83. The smallest absolute Gasteiger partial charge is 0.272 e. The van der Waals surface area contributed by atoms with Gasteiger partial charge < -0.3 is 10.2 Å². The molecule has 1 aromatic heterocycles. The fourth-order valence-electron chi connectivity index (χ4n) is 1.62. The minimum atomic E-state index is 0.0121. The monoisotopic (exact) mass is 235 g/mol. The highest BCUT2D eigenvalue weighted by atomic mass is 16.2. The Bertz CT molecular complexity index is 365. The molecule has 0 radical (unpaired) electrons. The second-order valence-electron chi connectivity index (χ2n) is 3.92. The molecule has 17 heavy (non-hydrogen) atoms. The molecule has 1 heterocycles. The van der Waals surface area contributed by atoms with Gasteiger partial charge in [-0.05, 0) is 25.5 Å². The SMILES string of the molecule is CCCCN(CC)C(=O)c1cc(NC)ccn1. The van der Waals surface area contributed by atoms with E-state index in [0.717, 1.165) is 31.6 Å². The number of amides is 1. The first-order valence-electron chi connectivity index (χ1n) is 6.16. The maximum atomic E-state index is 12.2. The lowest BCUT2D eigenvalue weighted by Crippen LogP contribution is -2.32. The van der Waals surface area contributed by atoms with E-state index in [1.165, 1.54) is 0 Å². The standard InChI is InChI=1S/C13H21N3O/c1-4-6-9-16(5-2)13(17)12-10-11(14-3)7-8-15-12/h7-8,10H,4-6,9H2,1-3H3,(H,14,15). The van der Waals surface area contributed by atoms with Crippen molar-refractivity contribution in [2.24, 2.45) is 0 Å². The predicted octanol–water partition coefficient (Wildman–Crippen LogP) is 2.39. The molecule has 0 atom stereocenters. The fourth-order valence-corrected chi connectivity index (χ4v) is 1.62. The summed E-state index contributed by atoms with van der Waals surface area (Å²) in [5, 5.41) is 3.01. The van der Waals surface area contributed by atoms with Crippen LogP contribution in [0.2, 0.25) is 0 Å². The molecule has 0 unspecified atom stereocenters. The van der Waals surface area contributed by atoms with E-state index in [1.807, 2.05) is 24.9 Å². The van der Waals surface area contributed by atoms with Crippen LogP contribution in [0.25, 0.3) is 0 Å². The number of pyridine rings is 1. The fraction of sp³-hybridized carbons (Fsp3) is 0.538. The van der Waals surface area contributed by atoms with Gasteiger partial charge in [-0.3, -0.25) is 9.78 Å². The molecule has 0 spiro atoms. The van der Waals surface area contributed by atoms with Crippen molar-refractivity contribution in [1.82, 2.24) is 9.88 Å². The zero-order chi connectivity index (χ0) is 12.7. The van der Waals surface area contributed by atoms with Crippen molar-refractivity contribution in [2.75, 3.05) is 25.5 Å². The van der Waals surface area contributed by atoms with Gasteiger partial charge in [-0.2, -0.15) is 0 Å². The number of hydrogen-bond donors (Lipinski definition) is 1. The normalized spacial score (nSPS) is 10.1.